The molecule has 0 radical (unpaired) electrons. The van der Waals surface area contributed by atoms with E-state index in [1.807, 2.05) is 24.3 Å². The summed E-state index contributed by atoms with van der Waals surface area (Å²) in [5.74, 6) is 1.05. The van der Waals surface area contributed by atoms with Crippen LogP contribution in [0.4, 0.5) is 10.7 Å². The second-order valence-corrected chi connectivity index (χ2v) is 7.85. The van der Waals surface area contributed by atoms with Crippen LogP contribution in [0.25, 0.3) is 11.1 Å². The molecule has 1 saturated heterocycles. The molecule has 2 heterocycles. The first kappa shape index (κ1) is 20.3. The van der Waals surface area contributed by atoms with Gasteiger partial charge in [0.1, 0.15) is 11.5 Å². The lowest BCUT2D eigenvalue weighted by atomic mass is 10.1. The number of nitrogens with zero attached hydrogens (tertiary/aromatic N) is 1. The number of rotatable bonds is 6. The van der Waals surface area contributed by atoms with Gasteiger partial charge in [-0.15, -0.1) is 11.3 Å². The Balaban J connectivity index is 1.67. The number of carbonyl (C=O) groups is 1. The van der Waals surface area contributed by atoms with E-state index >= 15 is 0 Å². The molecular formula is C23H24N2O4S. The molecule has 0 atom stereocenters. The Hall–Kier alpha value is -3.03. The minimum atomic E-state index is -0.178. The fourth-order valence-corrected chi connectivity index (χ4v) is 4.54. The Bertz CT molecular complexity index is 1010. The van der Waals surface area contributed by atoms with Crippen LogP contribution in [-0.2, 0) is 4.74 Å². The number of methoxy groups -OCH3 is 2. The first-order valence-corrected chi connectivity index (χ1v) is 10.6. The van der Waals surface area contributed by atoms with Crippen LogP contribution in [0.5, 0.6) is 11.5 Å². The Morgan fingerprint density at radius 1 is 1.03 bits per heavy atom. The van der Waals surface area contributed by atoms with Gasteiger partial charge in [0.2, 0.25) is 0 Å². The molecule has 1 aliphatic rings. The minimum absolute atomic E-state index is 0.178. The van der Waals surface area contributed by atoms with Gasteiger partial charge in [0.15, 0.2) is 0 Å². The maximum absolute atomic E-state index is 13.1. The number of thiophene rings is 1. The maximum atomic E-state index is 13.1. The van der Waals surface area contributed by atoms with Crippen molar-refractivity contribution in [1.82, 2.24) is 0 Å². The lowest BCUT2D eigenvalue weighted by Crippen LogP contribution is -2.35. The summed E-state index contributed by atoms with van der Waals surface area (Å²) in [5, 5.41) is 4.06. The summed E-state index contributed by atoms with van der Waals surface area (Å²) in [4.78, 5) is 16.1. The summed E-state index contributed by atoms with van der Waals surface area (Å²) in [7, 11) is 3.17. The van der Waals surface area contributed by atoms with Gasteiger partial charge in [0.05, 0.1) is 43.0 Å². The first-order valence-electron chi connectivity index (χ1n) is 9.75. The van der Waals surface area contributed by atoms with Gasteiger partial charge in [0, 0.05) is 24.7 Å². The van der Waals surface area contributed by atoms with Crippen molar-refractivity contribution in [3.63, 3.8) is 0 Å². The van der Waals surface area contributed by atoms with E-state index in [4.69, 9.17) is 14.2 Å². The third kappa shape index (κ3) is 4.27. The van der Waals surface area contributed by atoms with Crippen LogP contribution < -0.4 is 19.7 Å². The SMILES string of the molecule is COc1ccc(OC)c(NC(=O)c2cc(-c3ccccc3)c(N3CCOCC3)s2)c1. The molecule has 0 unspecified atom stereocenters. The van der Waals surface area contributed by atoms with E-state index in [2.05, 4.69) is 22.3 Å². The molecule has 0 saturated carbocycles. The van der Waals surface area contributed by atoms with E-state index in [1.54, 1.807) is 32.4 Å². The van der Waals surface area contributed by atoms with Crippen LogP contribution in [0.3, 0.4) is 0 Å². The maximum Gasteiger partial charge on any atom is 0.265 e. The number of hydrogen-bond donors (Lipinski definition) is 1. The number of benzene rings is 2. The molecule has 30 heavy (non-hydrogen) atoms. The number of ether oxygens (including phenoxy) is 3. The molecule has 0 spiro atoms. The molecule has 7 heteroatoms. The van der Waals surface area contributed by atoms with E-state index in [-0.39, 0.29) is 5.91 Å². The number of anilines is 2. The molecule has 1 fully saturated rings. The summed E-state index contributed by atoms with van der Waals surface area (Å²) < 4.78 is 16.2. The second-order valence-electron chi connectivity index (χ2n) is 6.82. The summed E-state index contributed by atoms with van der Waals surface area (Å²) in [6.45, 7) is 3.00. The quantitative estimate of drug-likeness (QED) is 0.630. The highest BCUT2D eigenvalue weighted by atomic mass is 32.1. The van der Waals surface area contributed by atoms with Crippen molar-refractivity contribution < 1.29 is 19.0 Å². The third-order valence-corrected chi connectivity index (χ3v) is 6.17. The highest BCUT2D eigenvalue weighted by molar-refractivity contribution is 7.18. The van der Waals surface area contributed by atoms with Gasteiger partial charge < -0.3 is 24.4 Å². The third-order valence-electron chi connectivity index (χ3n) is 4.97. The lowest BCUT2D eigenvalue weighted by Gasteiger charge is -2.28. The van der Waals surface area contributed by atoms with Crippen LogP contribution in [0.1, 0.15) is 9.67 Å². The van der Waals surface area contributed by atoms with Gasteiger partial charge >= 0.3 is 0 Å². The van der Waals surface area contributed by atoms with Crippen molar-refractivity contribution in [2.45, 2.75) is 0 Å². The van der Waals surface area contributed by atoms with Crippen LogP contribution in [0, 0.1) is 0 Å². The molecule has 1 N–H and O–H groups in total. The molecule has 0 bridgehead atoms. The van der Waals surface area contributed by atoms with Crippen LogP contribution in [0.15, 0.2) is 54.6 Å². The number of hydrogen-bond acceptors (Lipinski definition) is 6. The van der Waals surface area contributed by atoms with Gasteiger partial charge in [-0.25, -0.2) is 0 Å². The van der Waals surface area contributed by atoms with E-state index < -0.39 is 0 Å². The Kier molecular flexibility index (Phi) is 6.21. The first-order chi connectivity index (χ1) is 14.7. The van der Waals surface area contributed by atoms with Crippen molar-refractivity contribution >= 4 is 27.9 Å². The topological polar surface area (TPSA) is 60.0 Å². The monoisotopic (exact) mass is 424 g/mol. The molecule has 1 aromatic heterocycles. The van der Waals surface area contributed by atoms with Crippen LogP contribution >= 0.6 is 11.3 Å². The molecule has 0 aliphatic carbocycles. The molecule has 1 aliphatic heterocycles. The van der Waals surface area contributed by atoms with E-state index in [0.717, 1.165) is 29.2 Å². The fourth-order valence-electron chi connectivity index (χ4n) is 3.41. The highest BCUT2D eigenvalue weighted by Gasteiger charge is 2.22. The molecular weight excluding hydrogens is 400 g/mol. The highest BCUT2D eigenvalue weighted by Crippen LogP contribution is 2.40. The predicted octanol–water partition coefficient (Wildman–Crippen LogP) is 4.52. The smallest absolute Gasteiger partial charge is 0.265 e. The normalized spacial score (nSPS) is 13.7. The zero-order chi connectivity index (χ0) is 20.9. The van der Waals surface area contributed by atoms with Crippen molar-refractivity contribution in [1.29, 1.82) is 0 Å². The fraction of sp³-hybridized carbons (Fsp3) is 0.261. The number of nitrogens with one attached hydrogen (secondary N) is 1. The van der Waals surface area contributed by atoms with E-state index in [9.17, 15) is 4.79 Å². The summed E-state index contributed by atoms with van der Waals surface area (Å²) in [5.41, 5.74) is 2.72. The van der Waals surface area contributed by atoms with E-state index in [0.29, 0.717) is 35.3 Å². The second kappa shape index (κ2) is 9.19. The van der Waals surface area contributed by atoms with Crippen molar-refractivity contribution in [3.05, 3.63) is 59.5 Å². The zero-order valence-electron chi connectivity index (χ0n) is 17.0. The molecule has 6 nitrogen and oxygen atoms in total. The zero-order valence-corrected chi connectivity index (χ0v) is 17.8. The van der Waals surface area contributed by atoms with Gasteiger partial charge in [-0.1, -0.05) is 30.3 Å². The number of amides is 1. The largest absolute Gasteiger partial charge is 0.497 e. The van der Waals surface area contributed by atoms with Crippen molar-refractivity contribution in [2.24, 2.45) is 0 Å². The average Bonchev–Trinajstić information content (AvgIpc) is 3.26. The average molecular weight is 425 g/mol. The van der Waals surface area contributed by atoms with E-state index in [1.165, 1.54) is 11.3 Å². The lowest BCUT2D eigenvalue weighted by molar-refractivity contribution is 0.103. The van der Waals surface area contributed by atoms with Crippen molar-refractivity contribution in [3.8, 4) is 22.6 Å². The van der Waals surface area contributed by atoms with Crippen LogP contribution in [-0.4, -0.2) is 46.4 Å². The Morgan fingerprint density at radius 3 is 2.50 bits per heavy atom. The summed E-state index contributed by atoms with van der Waals surface area (Å²) in [6, 6.07) is 17.4. The molecule has 2 aromatic carbocycles. The molecule has 1 amide bonds. The predicted molar refractivity (Wildman–Crippen MR) is 120 cm³/mol. The van der Waals surface area contributed by atoms with Gasteiger partial charge in [-0.3, -0.25) is 4.79 Å². The van der Waals surface area contributed by atoms with Crippen LogP contribution in [0.2, 0.25) is 0 Å². The minimum Gasteiger partial charge on any atom is -0.497 e. The van der Waals surface area contributed by atoms with Gasteiger partial charge in [0.25, 0.3) is 5.91 Å². The van der Waals surface area contributed by atoms with Crippen molar-refractivity contribution in [2.75, 3.05) is 50.7 Å². The summed E-state index contributed by atoms with van der Waals surface area (Å²) >= 11 is 1.50. The Labute approximate surface area is 180 Å². The Morgan fingerprint density at radius 2 is 1.80 bits per heavy atom. The standard InChI is InChI=1S/C23H24N2O4S/c1-27-17-8-9-20(28-2)19(14-17)24-22(26)21-15-18(16-6-4-3-5-7-16)23(30-21)25-10-12-29-13-11-25/h3-9,14-15H,10-13H2,1-2H3,(H,24,26). The van der Waals surface area contributed by atoms with Gasteiger partial charge in [-0.2, -0.15) is 0 Å². The number of carbonyl (C=O) groups excluding carboxylic acids is 1. The number of morpholine rings is 1. The summed E-state index contributed by atoms with van der Waals surface area (Å²) in [6.07, 6.45) is 0. The molecule has 156 valence electrons. The van der Waals surface area contributed by atoms with Gasteiger partial charge in [-0.05, 0) is 23.8 Å². The molecule has 3 aromatic rings. The molecule has 4 rings (SSSR count).